The van der Waals surface area contributed by atoms with Crippen LogP contribution in [0.1, 0.15) is 18.0 Å². The summed E-state index contributed by atoms with van der Waals surface area (Å²) in [4.78, 5) is 4.73. The number of halogens is 2. The molecule has 0 spiro atoms. The van der Waals surface area contributed by atoms with E-state index in [1.807, 2.05) is 12.1 Å². The summed E-state index contributed by atoms with van der Waals surface area (Å²) in [5, 5.41) is 0.790. The molecule has 0 bridgehead atoms. The Balaban J connectivity index is 2.16. The van der Waals surface area contributed by atoms with E-state index in [4.69, 9.17) is 17.3 Å². The first-order chi connectivity index (χ1) is 9.02. The second-order valence-corrected chi connectivity index (χ2v) is 6.64. The van der Waals surface area contributed by atoms with Crippen LogP contribution in [0.25, 0.3) is 0 Å². The van der Waals surface area contributed by atoms with Crippen LogP contribution in [-0.4, -0.2) is 49.6 Å². The van der Waals surface area contributed by atoms with E-state index < -0.39 is 0 Å². The fourth-order valence-corrected chi connectivity index (χ4v) is 3.52. The Labute approximate surface area is 128 Å². The molecule has 0 aliphatic carbocycles. The largest absolute Gasteiger partial charge is 0.329 e. The van der Waals surface area contributed by atoms with Crippen LogP contribution in [0.3, 0.4) is 0 Å². The molecule has 2 unspecified atom stereocenters. The number of hydrogen-bond donors (Lipinski definition) is 1. The molecule has 1 aromatic rings. The molecule has 5 heteroatoms. The molecule has 0 radical (unpaired) electrons. The third kappa shape index (κ3) is 3.50. The van der Waals surface area contributed by atoms with Gasteiger partial charge in [-0.15, -0.1) is 0 Å². The van der Waals surface area contributed by atoms with Crippen molar-refractivity contribution in [2.45, 2.75) is 18.5 Å². The molecule has 1 fully saturated rings. The van der Waals surface area contributed by atoms with E-state index >= 15 is 0 Å². The summed E-state index contributed by atoms with van der Waals surface area (Å²) in [5.74, 6) is 0. The standard InChI is InChI=1S/C14H21BrClN3/c1-18(2)11-5-6-19(9-11)14(8-17)12-4-3-10(15)7-13(12)16/h3-4,7,11,14H,5-6,8-9,17H2,1-2H3. The van der Waals surface area contributed by atoms with Gasteiger partial charge in [-0.25, -0.2) is 0 Å². The van der Waals surface area contributed by atoms with Gasteiger partial charge in [0.15, 0.2) is 0 Å². The molecule has 19 heavy (non-hydrogen) atoms. The topological polar surface area (TPSA) is 32.5 Å². The predicted octanol–water partition coefficient (Wildman–Crippen LogP) is 2.74. The molecule has 106 valence electrons. The first kappa shape index (κ1) is 15.3. The van der Waals surface area contributed by atoms with Crippen molar-refractivity contribution in [3.8, 4) is 0 Å². The molecule has 1 aliphatic rings. The van der Waals surface area contributed by atoms with Crippen molar-refractivity contribution in [1.29, 1.82) is 0 Å². The summed E-state index contributed by atoms with van der Waals surface area (Å²) in [7, 11) is 4.27. The average molecular weight is 347 g/mol. The molecular formula is C14H21BrClN3. The minimum Gasteiger partial charge on any atom is -0.329 e. The normalized spacial score (nSPS) is 22.1. The van der Waals surface area contributed by atoms with E-state index in [0.717, 1.165) is 28.1 Å². The summed E-state index contributed by atoms with van der Waals surface area (Å²) in [5.41, 5.74) is 7.12. The van der Waals surface area contributed by atoms with Crippen LogP contribution >= 0.6 is 27.5 Å². The zero-order valence-corrected chi connectivity index (χ0v) is 13.8. The lowest BCUT2D eigenvalue weighted by Crippen LogP contribution is -2.36. The number of likely N-dealkylation sites (N-methyl/N-ethyl adjacent to an activating group) is 1. The molecule has 0 amide bonds. The van der Waals surface area contributed by atoms with Crippen molar-refractivity contribution in [2.24, 2.45) is 5.73 Å². The van der Waals surface area contributed by atoms with Gasteiger partial charge in [-0.2, -0.15) is 0 Å². The highest BCUT2D eigenvalue weighted by Gasteiger charge is 2.30. The minimum absolute atomic E-state index is 0.213. The van der Waals surface area contributed by atoms with Crippen molar-refractivity contribution in [3.63, 3.8) is 0 Å². The lowest BCUT2D eigenvalue weighted by Gasteiger charge is -2.28. The van der Waals surface area contributed by atoms with E-state index in [-0.39, 0.29) is 6.04 Å². The van der Waals surface area contributed by atoms with Crippen molar-refractivity contribution < 1.29 is 0 Å². The number of benzene rings is 1. The van der Waals surface area contributed by atoms with Gasteiger partial charge in [-0.3, -0.25) is 4.90 Å². The highest BCUT2D eigenvalue weighted by atomic mass is 79.9. The van der Waals surface area contributed by atoms with Gasteiger partial charge in [0.25, 0.3) is 0 Å². The highest BCUT2D eigenvalue weighted by molar-refractivity contribution is 9.10. The molecule has 1 saturated heterocycles. The van der Waals surface area contributed by atoms with Gasteiger partial charge in [0, 0.05) is 41.2 Å². The summed E-state index contributed by atoms with van der Waals surface area (Å²) in [6.07, 6.45) is 1.19. The molecule has 1 heterocycles. The van der Waals surface area contributed by atoms with E-state index in [0.29, 0.717) is 12.6 Å². The third-order valence-electron chi connectivity index (χ3n) is 3.91. The second-order valence-electron chi connectivity index (χ2n) is 5.32. The Hall–Kier alpha value is -0.130. The van der Waals surface area contributed by atoms with Crippen LogP contribution in [0.5, 0.6) is 0 Å². The predicted molar refractivity (Wildman–Crippen MR) is 84.6 cm³/mol. The molecule has 0 saturated carbocycles. The average Bonchev–Trinajstić information content (AvgIpc) is 2.82. The Morgan fingerprint density at radius 1 is 1.53 bits per heavy atom. The first-order valence-electron chi connectivity index (χ1n) is 6.58. The molecule has 1 aliphatic heterocycles. The molecule has 1 aromatic carbocycles. The highest BCUT2D eigenvalue weighted by Crippen LogP contribution is 2.32. The fourth-order valence-electron chi connectivity index (χ4n) is 2.72. The number of rotatable bonds is 4. The molecular weight excluding hydrogens is 326 g/mol. The summed E-state index contributed by atoms with van der Waals surface area (Å²) >= 11 is 9.80. The Morgan fingerprint density at radius 3 is 2.79 bits per heavy atom. The van der Waals surface area contributed by atoms with Crippen molar-refractivity contribution in [1.82, 2.24) is 9.80 Å². The number of likely N-dealkylation sites (tertiary alicyclic amines) is 1. The lowest BCUT2D eigenvalue weighted by atomic mass is 10.1. The first-order valence-corrected chi connectivity index (χ1v) is 7.75. The molecule has 2 atom stereocenters. The summed E-state index contributed by atoms with van der Waals surface area (Å²) in [6, 6.07) is 6.88. The van der Waals surface area contributed by atoms with E-state index in [2.05, 4.69) is 45.9 Å². The van der Waals surface area contributed by atoms with Crippen molar-refractivity contribution >= 4 is 27.5 Å². The lowest BCUT2D eigenvalue weighted by molar-refractivity contribution is 0.220. The Kier molecular flexibility index (Phi) is 5.26. The Bertz CT molecular complexity index is 439. The van der Waals surface area contributed by atoms with Crippen molar-refractivity contribution in [3.05, 3.63) is 33.3 Å². The minimum atomic E-state index is 0.213. The molecule has 2 rings (SSSR count). The van der Waals surface area contributed by atoms with Gasteiger partial charge in [0.2, 0.25) is 0 Å². The summed E-state index contributed by atoms with van der Waals surface area (Å²) in [6.45, 7) is 2.74. The molecule has 0 aromatic heterocycles. The van der Waals surface area contributed by atoms with Crippen LogP contribution in [0.15, 0.2) is 22.7 Å². The summed E-state index contributed by atoms with van der Waals surface area (Å²) < 4.78 is 1.00. The smallest absolute Gasteiger partial charge is 0.0485 e. The van der Waals surface area contributed by atoms with Crippen LogP contribution in [-0.2, 0) is 0 Å². The third-order valence-corrected chi connectivity index (χ3v) is 4.73. The number of nitrogens with two attached hydrogens (primary N) is 1. The maximum Gasteiger partial charge on any atom is 0.0485 e. The molecule has 2 N–H and O–H groups in total. The van der Waals surface area contributed by atoms with Gasteiger partial charge in [-0.1, -0.05) is 33.6 Å². The van der Waals surface area contributed by atoms with Gasteiger partial charge in [-0.05, 0) is 38.2 Å². The van der Waals surface area contributed by atoms with Crippen LogP contribution in [0.4, 0.5) is 0 Å². The number of nitrogens with zero attached hydrogens (tertiary/aromatic N) is 2. The SMILES string of the molecule is CN(C)C1CCN(C(CN)c2ccc(Br)cc2Cl)C1. The molecule has 3 nitrogen and oxygen atoms in total. The monoisotopic (exact) mass is 345 g/mol. The second kappa shape index (κ2) is 6.55. The zero-order valence-electron chi connectivity index (χ0n) is 11.4. The quantitative estimate of drug-likeness (QED) is 0.910. The van der Waals surface area contributed by atoms with Crippen LogP contribution in [0.2, 0.25) is 5.02 Å². The van der Waals surface area contributed by atoms with Crippen molar-refractivity contribution in [2.75, 3.05) is 33.7 Å². The van der Waals surface area contributed by atoms with E-state index in [1.54, 1.807) is 0 Å². The number of hydrogen-bond acceptors (Lipinski definition) is 3. The van der Waals surface area contributed by atoms with Gasteiger partial charge >= 0.3 is 0 Å². The van der Waals surface area contributed by atoms with Gasteiger partial charge in [0.05, 0.1) is 0 Å². The van der Waals surface area contributed by atoms with Gasteiger partial charge < -0.3 is 10.6 Å². The zero-order chi connectivity index (χ0) is 14.0. The van der Waals surface area contributed by atoms with E-state index in [9.17, 15) is 0 Å². The van der Waals surface area contributed by atoms with Gasteiger partial charge in [0.1, 0.15) is 0 Å². The van der Waals surface area contributed by atoms with Crippen LogP contribution in [0, 0.1) is 0 Å². The van der Waals surface area contributed by atoms with Crippen LogP contribution < -0.4 is 5.73 Å². The maximum absolute atomic E-state index is 6.36. The fraction of sp³-hybridized carbons (Fsp3) is 0.571. The maximum atomic E-state index is 6.36. The van der Waals surface area contributed by atoms with E-state index in [1.165, 1.54) is 6.42 Å². The Morgan fingerprint density at radius 2 is 2.26 bits per heavy atom.